The van der Waals surface area contributed by atoms with E-state index in [2.05, 4.69) is 16.5 Å². The summed E-state index contributed by atoms with van der Waals surface area (Å²) in [5.74, 6) is 1.71. The fourth-order valence-electron chi connectivity index (χ4n) is 1.79. The summed E-state index contributed by atoms with van der Waals surface area (Å²) in [6.07, 6.45) is 4.92. The van der Waals surface area contributed by atoms with Crippen LogP contribution in [0.4, 0.5) is 0 Å². The highest BCUT2D eigenvalue weighted by atomic mass is 15.1. The maximum absolute atomic E-state index is 5.85. The van der Waals surface area contributed by atoms with Crippen molar-refractivity contribution in [2.75, 3.05) is 0 Å². The normalized spacial score (nSPS) is 30.0. The molecule has 0 fully saturated rings. The van der Waals surface area contributed by atoms with Crippen molar-refractivity contribution in [3.05, 3.63) is 18.2 Å². The minimum Gasteiger partial charge on any atom is -0.333 e. The summed E-state index contributed by atoms with van der Waals surface area (Å²) in [4.78, 5) is 4.28. The van der Waals surface area contributed by atoms with Crippen molar-refractivity contribution in [1.82, 2.24) is 9.55 Å². The summed E-state index contributed by atoms with van der Waals surface area (Å²) in [5.41, 5.74) is 5.85. The van der Waals surface area contributed by atoms with Crippen molar-refractivity contribution in [3.63, 3.8) is 0 Å². The van der Waals surface area contributed by atoms with Crippen LogP contribution in [0.2, 0.25) is 0 Å². The topological polar surface area (TPSA) is 43.8 Å². The lowest BCUT2D eigenvalue weighted by molar-refractivity contribution is 0.407. The fourth-order valence-corrected chi connectivity index (χ4v) is 1.79. The van der Waals surface area contributed by atoms with E-state index in [9.17, 15) is 0 Å². The molecule has 0 amide bonds. The number of imidazole rings is 1. The first-order valence-electron chi connectivity index (χ1n) is 4.04. The molecule has 3 heteroatoms. The van der Waals surface area contributed by atoms with Crippen LogP contribution >= 0.6 is 0 Å². The second-order valence-electron chi connectivity index (χ2n) is 3.33. The highest BCUT2D eigenvalue weighted by Gasteiger charge is 2.21. The van der Waals surface area contributed by atoms with Crippen molar-refractivity contribution >= 4 is 0 Å². The lowest BCUT2D eigenvalue weighted by atomic mass is 9.98. The van der Waals surface area contributed by atoms with Crippen molar-refractivity contribution in [2.45, 2.75) is 31.8 Å². The van der Waals surface area contributed by atoms with Gasteiger partial charge in [-0.3, -0.25) is 0 Å². The predicted octanol–water partition coefficient (Wildman–Crippen LogP) is 0.718. The van der Waals surface area contributed by atoms with E-state index in [0.29, 0.717) is 12.0 Å². The number of nitrogens with two attached hydrogens (primary N) is 1. The van der Waals surface area contributed by atoms with E-state index in [1.54, 1.807) is 0 Å². The highest BCUT2D eigenvalue weighted by Crippen LogP contribution is 2.23. The molecule has 1 aromatic heterocycles. The standard InChI is InChI=1S/C8H13N3/c1-6-4-7(9)5-11-3-2-10-8(6)11/h2-3,6-7H,4-5,9H2,1H3. The Labute approximate surface area is 66.2 Å². The molecule has 3 nitrogen and oxygen atoms in total. The summed E-state index contributed by atoms with van der Waals surface area (Å²) in [6.45, 7) is 3.11. The number of aromatic nitrogens is 2. The molecule has 1 aromatic rings. The molecule has 0 radical (unpaired) electrons. The third kappa shape index (κ3) is 1.05. The summed E-state index contributed by atoms with van der Waals surface area (Å²) in [7, 11) is 0. The maximum atomic E-state index is 5.85. The van der Waals surface area contributed by atoms with E-state index in [1.807, 2.05) is 12.4 Å². The van der Waals surface area contributed by atoms with Crippen LogP contribution in [0, 0.1) is 0 Å². The number of nitrogens with zero attached hydrogens (tertiary/aromatic N) is 2. The van der Waals surface area contributed by atoms with Gasteiger partial charge in [0, 0.05) is 30.9 Å². The second-order valence-corrected chi connectivity index (χ2v) is 3.33. The fraction of sp³-hybridized carbons (Fsp3) is 0.625. The minimum atomic E-state index is 0.312. The average molecular weight is 151 g/mol. The minimum absolute atomic E-state index is 0.312. The van der Waals surface area contributed by atoms with Crippen LogP contribution in [0.15, 0.2) is 12.4 Å². The molecule has 1 aliphatic heterocycles. The van der Waals surface area contributed by atoms with Gasteiger partial charge in [-0.2, -0.15) is 0 Å². The maximum Gasteiger partial charge on any atom is 0.111 e. The third-order valence-corrected chi connectivity index (χ3v) is 2.28. The van der Waals surface area contributed by atoms with Gasteiger partial charge in [0.15, 0.2) is 0 Å². The number of rotatable bonds is 0. The molecule has 2 atom stereocenters. The van der Waals surface area contributed by atoms with Gasteiger partial charge >= 0.3 is 0 Å². The third-order valence-electron chi connectivity index (χ3n) is 2.28. The van der Waals surface area contributed by atoms with Crippen LogP contribution < -0.4 is 5.73 Å². The van der Waals surface area contributed by atoms with Crippen LogP contribution in [0.3, 0.4) is 0 Å². The van der Waals surface area contributed by atoms with Crippen molar-refractivity contribution in [3.8, 4) is 0 Å². The Morgan fingerprint density at radius 2 is 2.55 bits per heavy atom. The first kappa shape index (κ1) is 6.85. The van der Waals surface area contributed by atoms with Gasteiger partial charge < -0.3 is 10.3 Å². The van der Waals surface area contributed by atoms with E-state index in [1.165, 1.54) is 5.82 Å². The first-order valence-corrected chi connectivity index (χ1v) is 4.04. The quantitative estimate of drug-likeness (QED) is 0.593. The first-order chi connectivity index (χ1) is 5.27. The van der Waals surface area contributed by atoms with Crippen LogP contribution in [-0.2, 0) is 6.54 Å². The Bertz CT molecular complexity index is 254. The molecule has 0 spiro atoms. The van der Waals surface area contributed by atoms with E-state index in [4.69, 9.17) is 5.73 Å². The van der Waals surface area contributed by atoms with E-state index in [-0.39, 0.29) is 0 Å². The molecule has 60 valence electrons. The van der Waals surface area contributed by atoms with E-state index >= 15 is 0 Å². The molecule has 2 heterocycles. The number of fused-ring (bicyclic) bond motifs is 1. The highest BCUT2D eigenvalue weighted by molar-refractivity contribution is 5.03. The smallest absolute Gasteiger partial charge is 0.111 e. The van der Waals surface area contributed by atoms with Gasteiger partial charge in [-0.1, -0.05) is 6.92 Å². The lowest BCUT2D eigenvalue weighted by Gasteiger charge is -2.25. The van der Waals surface area contributed by atoms with Gasteiger partial charge in [0.05, 0.1) is 0 Å². The van der Waals surface area contributed by atoms with Crippen LogP contribution in [-0.4, -0.2) is 15.6 Å². The molecule has 0 saturated carbocycles. The zero-order chi connectivity index (χ0) is 7.84. The number of hydrogen-bond donors (Lipinski definition) is 1. The molecule has 1 aliphatic rings. The zero-order valence-electron chi connectivity index (χ0n) is 6.70. The molecular formula is C8H13N3. The molecular weight excluding hydrogens is 138 g/mol. The molecule has 2 rings (SSSR count). The van der Waals surface area contributed by atoms with Gasteiger partial charge in [0.2, 0.25) is 0 Å². The molecule has 2 N–H and O–H groups in total. The van der Waals surface area contributed by atoms with Gasteiger partial charge in [-0.05, 0) is 6.42 Å². The summed E-state index contributed by atoms with van der Waals surface area (Å²) < 4.78 is 2.15. The van der Waals surface area contributed by atoms with Crippen molar-refractivity contribution in [2.24, 2.45) is 5.73 Å². The predicted molar refractivity (Wildman–Crippen MR) is 43.2 cm³/mol. The van der Waals surface area contributed by atoms with Crippen molar-refractivity contribution in [1.29, 1.82) is 0 Å². The average Bonchev–Trinajstić information content (AvgIpc) is 2.34. The largest absolute Gasteiger partial charge is 0.333 e. The molecule has 0 bridgehead atoms. The number of hydrogen-bond acceptors (Lipinski definition) is 2. The molecule has 2 unspecified atom stereocenters. The Morgan fingerprint density at radius 1 is 1.73 bits per heavy atom. The van der Waals surface area contributed by atoms with Gasteiger partial charge in [-0.25, -0.2) is 4.98 Å². The summed E-state index contributed by atoms with van der Waals surface area (Å²) in [5, 5.41) is 0. The molecule has 0 aromatic carbocycles. The van der Waals surface area contributed by atoms with Crippen LogP contribution in [0.25, 0.3) is 0 Å². The summed E-state index contributed by atoms with van der Waals surface area (Å²) >= 11 is 0. The van der Waals surface area contributed by atoms with Gasteiger partial charge in [-0.15, -0.1) is 0 Å². The lowest BCUT2D eigenvalue weighted by Crippen LogP contribution is -2.33. The monoisotopic (exact) mass is 151 g/mol. The van der Waals surface area contributed by atoms with Crippen LogP contribution in [0.1, 0.15) is 25.1 Å². The molecule has 11 heavy (non-hydrogen) atoms. The summed E-state index contributed by atoms with van der Waals surface area (Å²) in [6, 6.07) is 0.312. The second kappa shape index (κ2) is 2.34. The molecule has 0 aliphatic carbocycles. The Kier molecular flexibility index (Phi) is 1.46. The van der Waals surface area contributed by atoms with Crippen molar-refractivity contribution < 1.29 is 0 Å². The Morgan fingerprint density at radius 3 is 3.36 bits per heavy atom. The Balaban J connectivity index is 2.36. The zero-order valence-corrected chi connectivity index (χ0v) is 6.70. The molecule has 0 saturated heterocycles. The van der Waals surface area contributed by atoms with Crippen LogP contribution in [0.5, 0.6) is 0 Å². The van der Waals surface area contributed by atoms with Gasteiger partial charge in [0.1, 0.15) is 5.82 Å². The van der Waals surface area contributed by atoms with E-state index in [0.717, 1.165) is 13.0 Å². The SMILES string of the molecule is CC1CC(N)Cn2ccnc21. The van der Waals surface area contributed by atoms with E-state index < -0.39 is 0 Å². The Hall–Kier alpha value is -0.830. The van der Waals surface area contributed by atoms with Gasteiger partial charge in [0.25, 0.3) is 0 Å².